The number of alkyl halides is 3. The van der Waals surface area contributed by atoms with Crippen LogP contribution in [0.1, 0.15) is 5.56 Å². The molecule has 0 unspecified atom stereocenters. The lowest BCUT2D eigenvalue weighted by Gasteiger charge is -2.07. The molecule has 1 N–H and O–H groups in total. The third-order valence-corrected chi connectivity index (χ3v) is 1.46. The largest absolute Gasteiger partial charge is 0.413 e. The van der Waals surface area contributed by atoms with E-state index in [1.165, 1.54) is 17.1 Å². The zero-order chi connectivity index (χ0) is 11.3. The average Bonchev–Trinajstić information content (AvgIpc) is 2.59. The summed E-state index contributed by atoms with van der Waals surface area (Å²) in [4.78, 5) is 4.21. The van der Waals surface area contributed by atoms with E-state index in [-0.39, 0.29) is 6.54 Å². The van der Waals surface area contributed by atoms with Crippen LogP contribution in [0, 0.1) is 0 Å². The Bertz CT molecular complexity index is 321. The van der Waals surface area contributed by atoms with Crippen LogP contribution in [-0.4, -0.2) is 22.6 Å². The van der Waals surface area contributed by atoms with Crippen LogP contribution in [0.3, 0.4) is 0 Å². The van der Waals surface area contributed by atoms with Gasteiger partial charge in [-0.1, -0.05) is 6.58 Å². The minimum Gasteiger partial charge on any atom is -0.292 e. The molecule has 0 bridgehead atoms. The fourth-order valence-electron chi connectivity index (χ4n) is 0.836. The molecule has 0 radical (unpaired) electrons. The van der Waals surface area contributed by atoms with Gasteiger partial charge in [0, 0.05) is 24.5 Å². The van der Waals surface area contributed by atoms with Gasteiger partial charge in [0.2, 0.25) is 0 Å². The predicted molar refractivity (Wildman–Crippen MR) is 47.5 cm³/mol. The maximum absolute atomic E-state index is 11.6. The second-order valence-corrected chi connectivity index (χ2v) is 2.74. The van der Waals surface area contributed by atoms with E-state index in [2.05, 4.69) is 22.0 Å². The van der Waals surface area contributed by atoms with Gasteiger partial charge in [-0.2, -0.15) is 23.8 Å². The first kappa shape index (κ1) is 11.7. The summed E-state index contributed by atoms with van der Waals surface area (Å²) in [6.07, 6.45) is 0.279. The third kappa shape index (κ3) is 4.61. The standard InChI is InChI=1S/C8H10F3N3O/c1-2-14-5-7(3-12-14)4-13-15-6-8(9,10)11/h2-3,5,13H,1,4,6H2. The fraction of sp³-hybridized carbons (Fsp3) is 0.375. The van der Waals surface area contributed by atoms with Crippen LogP contribution in [0.5, 0.6) is 0 Å². The van der Waals surface area contributed by atoms with Crippen molar-refractivity contribution in [2.45, 2.75) is 12.7 Å². The highest BCUT2D eigenvalue weighted by Gasteiger charge is 2.27. The molecule has 1 rings (SSSR count). The predicted octanol–water partition coefficient (Wildman–Crippen LogP) is 1.57. The van der Waals surface area contributed by atoms with Gasteiger partial charge in [-0.05, 0) is 0 Å². The molecular weight excluding hydrogens is 211 g/mol. The lowest BCUT2D eigenvalue weighted by Crippen LogP contribution is -2.24. The Hall–Kier alpha value is -1.34. The zero-order valence-corrected chi connectivity index (χ0v) is 7.79. The van der Waals surface area contributed by atoms with E-state index in [4.69, 9.17) is 0 Å². The van der Waals surface area contributed by atoms with Crippen LogP contribution in [0.4, 0.5) is 13.2 Å². The van der Waals surface area contributed by atoms with Gasteiger partial charge in [-0.15, -0.1) is 0 Å². The summed E-state index contributed by atoms with van der Waals surface area (Å²) < 4.78 is 36.4. The molecule has 1 aromatic heterocycles. The number of rotatable bonds is 5. The van der Waals surface area contributed by atoms with Gasteiger partial charge in [0.05, 0.1) is 6.20 Å². The molecule has 1 aromatic rings. The van der Waals surface area contributed by atoms with Crippen LogP contribution < -0.4 is 5.48 Å². The molecule has 4 nitrogen and oxygen atoms in total. The fourth-order valence-corrected chi connectivity index (χ4v) is 0.836. The summed E-state index contributed by atoms with van der Waals surface area (Å²) in [6, 6.07) is 0. The molecule has 0 atom stereocenters. The summed E-state index contributed by atoms with van der Waals surface area (Å²) >= 11 is 0. The second-order valence-electron chi connectivity index (χ2n) is 2.74. The number of hydroxylamine groups is 1. The van der Waals surface area contributed by atoms with E-state index in [9.17, 15) is 13.2 Å². The van der Waals surface area contributed by atoms with Crippen molar-refractivity contribution in [3.05, 3.63) is 24.5 Å². The molecule has 0 fully saturated rings. The van der Waals surface area contributed by atoms with Crippen molar-refractivity contribution >= 4 is 6.20 Å². The molecule has 0 aliphatic rings. The summed E-state index contributed by atoms with van der Waals surface area (Å²) in [7, 11) is 0. The van der Waals surface area contributed by atoms with Gasteiger partial charge in [0.1, 0.15) is 0 Å². The molecule has 0 aliphatic heterocycles. The average molecular weight is 221 g/mol. The van der Waals surface area contributed by atoms with Gasteiger partial charge < -0.3 is 0 Å². The quantitative estimate of drug-likeness (QED) is 0.606. The second kappa shape index (κ2) is 4.94. The van der Waals surface area contributed by atoms with Crippen LogP contribution in [0.25, 0.3) is 6.20 Å². The van der Waals surface area contributed by atoms with Crippen molar-refractivity contribution in [3.63, 3.8) is 0 Å². The lowest BCUT2D eigenvalue weighted by atomic mass is 10.4. The first-order chi connectivity index (χ1) is 7.01. The van der Waals surface area contributed by atoms with Crippen molar-refractivity contribution in [1.29, 1.82) is 0 Å². The van der Waals surface area contributed by atoms with Crippen molar-refractivity contribution < 1.29 is 18.0 Å². The van der Waals surface area contributed by atoms with Crippen LogP contribution >= 0.6 is 0 Å². The molecule has 0 saturated carbocycles. The highest BCUT2D eigenvalue weighted by atomic mass is 19.4. The highest BCUT2D eigenvalue weighted by molar-refractivity contribution is 5.17. The first-order valence-corrected chi connectivity index (χ1v) is 4.08. The van der Waals surface area contributed by atoms with Crippen LogP contribution in [0.2, 0.25) is 0 Å². The van der Waals surface area contributed by atoms with E-state index in [1.54, 1.807) is 6.20 Å². The molecule has 0 amide bonds. The Labute approximate surface area is 84.3 Å². The number of halogens is 3. The van der Waals surface area contributed by atoms with Gasteiger partial charge in [0.15, 0.2) is 6.61 Å². The highest BCUT2D eigenvalue weighted by Crippen LogP contribution is 2.13. The molecule has 0 saturated heterocycles. The van der Waals surface area contributed by atoms with Gasteiger partial charge in [0.25, 0.3) is 0 Å². The van der Waals surface area contributed by atoms with Gasteiger partial charge in [-0.25, -0.2) is 4.68 Å². The summed E-state index contributed by atoms with van der Waals surface area (Å²) in [5.41, 5.74) is 2.89. The number of hydrogen-bond acceptors (Lipinski definition) is 3. The van der Waals surface area contributed by atoms with Crippen LogP contribution in [-0.2, 0) is 11.4 Å². The van der Waals surface area contributed by atoms with Crippen molar-refractivity contribution in [1.82, 2.24) is 15.3 Å². The van der Waals surface area contributed by atoms with Gasteiger partial charge in [-0.3, -0.25) is 4.84 Å². The third-order valence-electron chi connectivity index (χ3n) is 1.46. The Morgan fingerprint density at radius 1 is 1.60 bits per heavy atom. The SMILES string of the molecule is C=Cn1cc(CNOCC(F)(F)F)cn1. The molecule has 15 heavy (non-hydrogen) atoms. The molecule has 0 spiro atoms. The van der Waals surface area contributed by atoms with E-state index < -0.39 is 12.8 Å². The van der Waals surface area contributed by atoms with E-state index in [0.29, 0.717) is 5.56 Å². The minimum absolute atomic E-state index is 0.157. The maximum atomic E-state index is 11.6. The summed E-state index contributed by atoms with van der Waals surface area (Å²) in [6.45, 7) is 2.31. The van der Waals surface area contributed by atoms with Crippen molar-refractivity contribution in [2.75, 3.05) is 6.61 Å². The zero-order valence-electron chi connectivity index (χ0n) is 7.79. The topological polar surface area (TPSA) is 39.1 Å². The smallest absolute Gasteiger partial charge is 0.292 e. The van der Waals surface area contributed by atoms with E-state index >= 15 is 0 Å². The summed E-state index contributed by atoms with van der Waals surface area (Å²) in [5.74, 6) is 0. The van der Waals surface area contributed by atoms with Crippen molar-refractivity contribution in [3.8, 4) is 0 Å². The van der Waals surface area contributed by atoms with E-state index in [0.717, 1.165) is 0 Å². The molecule has 1 heterocycles. The minimum atomic E-state index is -4.32. The number of nitrogens with zero attached hydrogens (tertiary/aromatic N) is 2. The number of nitrogens with one attached hydrogen (secondary N) is 1. The molecular formula is C8H10F3N3O. The van der Waals surface area contributed by atoms with Crippen LogP contribution in [0.15, 0.2) is 19.0 Å². The molecule has 7 heteroatoms. The Kier molecular flexibility index (Phi) is 3.87. The lowest BCUT2D eigenvalue weighted by molar-refractivity contribution is -0.190. The molecule has 84 valence electrons. The monoisotopic (exact) mass is 221 g/mol. The Balaban J connectivity index is 2.23. The number of aromatic nitrogens is 2. The van der Waals surface area contributed by atoms with Crippen molar-refractivity contribution in [2.24, 2.45) is 0 Å². The van der Waals surface area contributed by atoms with E-state index in [1.807, 2.05) is 0 Å². The Morgan fingerprint density at radius 2 is 2.33 bits per heavy atom. The Morgan fingerprint density at radius 3 is 2.87 bits per heavy atom. The number of hydrogen-bond donors (Lipinski definition) is 1. The normalized spacial score (nSPS) is 11.7. The molecule has 0 aromatic carbocycles. The first-order valence-electron chi connectivity index (χ1n) is 4.08. The molecule has 0 aliphatic carbocycles. The summed E-state index contributed by atoms with van der Waals surface area (Å²) in [5, 5.41) is 3.84. The maximum Gasteiger partial charge on any atom is 0.413 e. The van der Waals surface area contributed by atoms with Gasteiger partial charge >= 0.3 is 6.18 Å².